The fourth-order valence-corrected chi connectivity index (χ4v) is 1.78. The zero-order valence-electron chi connectivity index (χ0n) is 10.2. The molecule has 1 amide bonds. The maximum atomic E-state index is 10.5. The Kier molecular flexibility index (Phi) is 4.77. The van der Waals surface area contributed by atoms with Crippen LogP contribution < -0.4 is 5.32 Å². The Morgan fingerprint density at radius 2 is 2.12 bits per heavy atom. The van der Waals surface area contributed by atoms with Gasteiger partial charge in [-0.2, -0.15) is 0 Å². The number of rotatable bonds is 5. The zero-order valence-corrected chi connectivity index (χ0v) is 10.2. The van der Waals surface area contributed by atoms with Gasteiger partial charge in [0.25, 0.3) is 0 Å². The minimum Gasteiger partial charge on any atom is -0.328 e. The average molecular weight is 217 g/mol. The minimum absolute atomic E-state index is 0.607. The molecule has 2 heteroatoms. The highest BCUT2D eigenvalue weighted by Gasteiger charge is 2.06. The van der Waals surface area contributed by atoms with Crippen molar-refractivity contribution in [2.75, 3.05) is 5.32 Å². The van der Waals surface area contributed by atoms with Crippen molar-refractivity contribution in [1.29, 1.82) is 0 Å². The molecule has 0 saturated carbocycles. The number of benzene rings is 1. The molecule has 1 aromatic rings. The lowest BCUT2D eigenvalue weighted by molar-refractivity contribution is -0.105. The summed E-state index contributed by atoms with van der Waals surface area (Å²) in [5, 5.41) is 2.74. The average Bonchev–Trinajstić information content (AvgIpc) is 2.22. The van der Waals surface area contributed by atoms with E-state index in [1.807, 2.05) is 31.2 Å². The van der Waals surface area contributed by atoms with Crippen LogP contribution in [-0.4, -0.2) is 6.41 Å². The SMILES string of the molecule is C/C=C\c1c(CC(C)C)cccc1NC=O. The summed E-state index contributed by atoms with van der Waals surface area (Å²) < 4.78 is 0. The third-order valence-electron chi connectivity index (χ3n) is 2.37. The van der Waals surface area contributed by atoms with Crippen LogP contribution in [0.3, 0.4) is 0 Å². The van der Waals surface area contributed by atoms with Crippen molar-refractivity contribution in [3.8, 4) is 0 Å². The maximum absolute atomic E-state index is 10.5. The highest BCUT2D eigenvalue weighted by atomic mass is 16.1. The summed E-state index contributed by atoms with van der Waals surface area (Å²) in [5.74, 6) is 0.607. The van der Waals surface area contributed by atoms with Gasteiger partial charge in [-0.15, -0.1) is 0 Å². The molecule has 1 rings (SSSR count). The van der Waals surface area contributed by atoms with Crippen molar-refractivity contribution in [1.82, 2.24) is 0 Å². The lowest BCUT2D eigenvalue weighted by Gasteiger charge is -2.12. The molecular weight excluding hydrogens is 198 g/mol. The summed E-state index contributed by atoms with van der Waals surface area (Å²) >= 11 is 0. The van der Waals surface area contributed by atoms with Gasteiger partial charge in [-0.3, -0.25) is 4.79 Å². The molecule has 0 radical (unpaired) electrons. The van der Waals surface area contributed by atoms with Crippen molar-refractivity contribution in [2.45, 2.75) is 27.2 Å². The number of nitrogens with one attached hydrogen (secondary N) is 1. The van der Waals surface area contributed by atoms with Crippen molar-refractivity contribution in [3.05, 3.63) is 35.4 Å². The van der Waals surface area contributed by atoms with Crippen LogP contribution >= 0.6 is 0 Å². The van der Waals surface area contributed by atoms with Crippen molar-refractivity contribution in [3.63, 3.8) is 0 Å². The van der Waals surface area contributed by atoms with Crippen molar-refractivity contribution >= 4 is 18.2 Å². The predicted octanol–water partition coefficient (Wildman–Crippen LogP) is 3.49. The Morgan fingerprint density at radius 3 is 2.69 bits per heavy atom. The summed E-state index contributed by atoms with van der Waals surface area (Å²) in [6, 6.07) is 6.02. The molecule has 0 spiro atoms. The van der Waals surface area contributed by atoms with E-state index in [2.05, 4.69) is 25.2 Å². The van der Waals surface area contributed by atoms with E-state index in [9.17, 15) is 4.79 Å². The molecule has 0 heterocycles. The monoisotopic (exact) mass is 217 g/mol. The second kappa shape index (κ2) is 6.11. The number of allylic oxidation sites excluding steroid dienone is 1. The molecule has 1 N–H and O–H groups in total. The smallest absolute Gasteiger partial charge is 0.211 e. The topological polar surface area (TPSA) is 29.1 Å². The largest absolute Gasteiger partial charge is 0.328 e. The van der Waals surface area contributed by atoms with Crippen LogP contribution in [0.4, 0.5) is 5.69 Å². The molecule has 0 saturated heterocycles. The summed E-state index contributed by atoms with van der Waals surface area (Å²) in [5.41, 5.74) is 3.28. The fraction of sp³-hybridized carbons (Fsp3) is 0.357. The molecule has 86 valence electrons. The maximum Gasteiger partial charge on any atom is 0.211 e. The standard InChI is InChI=1S/C14H19NO/c1-4-6-13-12(9-11(2)3)7-5-8-14(13)15-10-16/h4-8,10-11H,9H2,1-3H3,(H,15,16)/b6-4-. The van der Waals surface area contributed by atoms with Gasteiger partial charge in [0.2, 0.25) is 6.41 Å². The van der Waals surface area contributed by atoms with Crippen molar-refractivity contribution < 1.29 is 4.79 Å². The first kappa shape index (κ1) is 12.5. The molecule has 16 heavy (non-hydrogen) atoms. The second-order valence-corrected chi connectivity index (χ2v) is 4.24. The van der Waals surface area contributed by atoms with E-state index in [4.69, 9.17) is 0 Å². The van der Waals surface area contributed by atoms with Gasteiger partial charge in [0, 0.05) is 11.3 Å². The molecule has 0 unspecified atom stereocenters. The van der Waals surface area contributed by atoms with Gasteiger partial charge in [0.15, 0.2) is 0 Å². The van der Waals surface area contributed by atoms with Crippen LogP contribution in [0, 0.1) is 5.92 Å². The lowest BCUT2D eigenvalue weighted by Crippen LogP contribution is -2.02. The number of hydrogen-bond acceptors (Lipinski definition) is 1. The first-order valence-electron chi connectivity index (χ1n) is 5.63. The molecular formula is C14H19NO. The molecule has 1 aromatic carbocycles. The van der Waals surface area contributed by atoms with Gasteiger partial charge in [-0.25, -0.2) is 0 Å². The van der Waals surface area contributed by atoms with Crippen LogP contribution in [0.5, 0.6) is 0 Å². The van der Waals surface area contributed by atoms with E-state index in [0.717, 1.165) is 24.1 Å². The Labute approximate surface area is 97.4 Å². The Hall–Kier alpha value is -1.57. The number of carbonyl (C=O) groups excluding carboxylic acids is 1. The lowest BCUT2D eigenvalue weighted by atomic mass is 9.96. The quantitative estimate of drug-likeness (QED) is 0.751. The minimum atomic E-state index is 0.607. The molecule has 0 atom stereocenters. The Balaban J connectivity index is 3.14. The van der Waals surface area contributed by atoms with E-state index >= 15 is 0 Å². The van der Waals surface area contributed by atoms with Crippen LogP contribution in [0.1, 0.15) is 31.9 Å². The van der Waals surface area contributed by atoms with E-state index in [-0.39, 0.29) is 0 Å². The summed E-state index contributed by atoms with van der Waals surface area (Å²) in [6.45, 7) is 6.37. The number of amides is 1. The Bertz CT molecular complexity index is 380. The third kappa shape index (κ3) is 3.23. The molecule has 0 aliphatic rings. The summed E-state index contributed by atoms with van der Waals surface area (Å²) in [6.07, 6.45) is 5.79. The van der Waals surface area contributed by atoms with Crippen LogP contribution in [0.15, 0.2) is 24.3 Å². The van der Waals surface area contributed by atoms with Crippen molar-refractivity contribution in [2.24, 2.45) is 5.92 Å². The number of carbonyl (C=O) groups is 1. The van der Waals surface area contributed by atoms with E-state index in [0.29, 0.717) is 5.92 Å². The fourth-order valence-electron chi connectivity index (χ4n) is 1.78. The number of anilines is 1. The normalized spacial score (nSPS) is 11.0. The number of hydrogen-bond donors (Lipinski definition) is 1. The van der Waals surface area contributed by atoms with E-state index in [1.165, 1.54) is 5.56 Å². The van der Waals surface area contributed by atoms with Gasteiger partial charge in [-0.05, 0) is 30.9 Å². The van der Waals surface area contributed by atoms with Gasteiger partial charge < -0.3 is 5.32 Å². The van der Waals surface area contributed by atoms with Crippen LogP contribution in [-0.2, 0) is 11.2 Å². The zero-order chi connectivity index (χ0) is 12.0. The molecule has 0 bridgehead atoms. The predicted molar refractivity (Wildman–Crippen MR) is 69.4 cm³/mol. The van der Waals surface area contributed by atoms with E-state index in [1.54, 1.807) is 0 Å². The van der Waals surface area contributed by atoms with Gasteiger partial charge >= 0.3 is 0 Å². The highest BCUT2D eigenvalue weighted by molar-refractivity contribution is 5.79. The van der Waals surface area contributed by atoms with Gasteiger partial charge in [0.05, 0.1) is 0 Å². The molecule has 0 aliphatic heterocycles. The second-order valence-electron chi connectivity index (χ2n) is 4.24. The first-order valence-corrected chi connectivity index (χ1v) is 5.63. The summed E-state index contributed by atoms with van der Waals surface area (Å²) in [7, 11) is 0. The van der Waals surface area contributed by atoms with Crippen LogP contribution in [0.2, 0.25) is 0 Å². The molecule has 0 fully saturated rings. The van der Waals surface area contributed by atoms with E-state index < -0.39 is 0 Å². The van der Waals surface area contributed by atoms with Gasteiger partial charge in [0.1, 0.15) is 0 Å². The molecule has 0 aliphatic carbocycles. The Morgan fingerprint density at radius 1 is 1.38 bits per heavy atom. The third-order valence-corrected chi connectivity index (χ3v) is 2.37. The molecule has 2 nitrogen and oxygen atoms in total. The highest BCUT2D eigenvalue weighted by Crippen LogP contribution is 2.23. The summed E-state index contributed by atoms with van der Waals surface area (Å²) in [4.78, 5) is 10.5. The van der Waals surface area contributed by atoms with Gasteiger partial charge in [-0.1, -0.05) is 38.1 Å². The van der Waals surface area contributed by atoms with Crippen LogP contribution in [0.25, 0.3) is 6.08 Å². The molecule has 0 aromatic heterocycles. The first-order chi connectivity index (χ1) is 7.69.